The fourth-order valence-electron chi connectivity index (χ4n) is 3.18. The van der Waals surface area contributed by atoms with Crippen LogP contribution >= 0.6 is 0 Å². The molecule has 0 heterocycles. The number of hydrogen-bond acceptors (Lipinski definition) is 3. The van der Waals surface area contributed by atoms with Crippen molar-refractivity contribution in [3.05, 3.63) is 89.0 Å². The smallest absolute Gasteiger partial charge is 0.264 e. The molecule has 0 aliphatic heterocycles. The first-order valence-electron chi connectivity index (χ1n) is 9.70. The van der Waals surface area contributed by atoms with E-state index in [0.29, 0.717) is 11.4 Å². The molecule has 0 saturated heterocycles. The summed E-state index contributed by atoms with van der Waals surface area (Å²) in [5, 5.41) is 2.80. The highest BCUT2D eigenvalue weighted by Crippen LogP contribution is 2.28. The van der Waals surface area contributed by atoms with Crippen molar-refractivity contribution in [1.82, 2.24) is 0 Å². The van der Waals surface area contributed by atoms with Gasteiger partial charge in [0.2, 0.25) is 5.91 Å². The number of carbonyl (C=O) groups excluding carboxylic acids is 1. The second-order valence-corrected chi connectivity index (χ2v) is 9.39. The Hall–Kier alpha value is -3.12. The summed E-state index contributed by atoms with van der Waals surface area (Å²) in [5.74, 6) is -0.405. The van der Waals surface area contributed by atoms with E-state index in [1.54, 1.807) is 36.4 Å². The summed E-state index contributed by atoms with van der Waals surface area (Å²) in [7, 11) is -3.93. The summed E-state index contributed by atoms with van der Waals surface area (Å²) >= 11 is 0. The second-order valence-electron chi connectivity index (χ2n) is 7.53. The average molecular weight is 423 g/mol. The molecule has 30 heavy (non-hydrogen) atoms. The van der Waals surface area contributed by atoms with Gasteiger partial charge in [0, 0.05) is 5.69 Å². The third-order valence-electron chi connectivity index (χ3n) is 4.83. The fraction of sp³-hybridized carbons (Fsp3) is 0.208. The summed E-state index contributed by atoms with van der Waals surface area (Å²) < 4.78 is 28.2. The Morgan fingerprint density at radius 2 is 1.47 bits per heavy atom. The zero-order valence-corrected chi connectivity index (χ0v) is 18.5. The quantitative estimate of drug-likeness (QED) is 0.623. The van der Waals surface area contributed by atoms with Gasteiger partial charge in [0.25, 0.3) is 10.0 Å². The van der Waals surface area contributed by atoms with Crippen LogP contribution in [0, 0.1) is 27.7 Å². The van der Waals surface area contributed by atoms with Gasteiger partial charge in [0.15, 0.2) is 0 Å². The lowest BCUT2D eigenvalue weighted by Crippen LogP contribution is -2.38. The van der Waals surface area contributed by atoms with E-state index in [1.165, 1.54) is 4.31 Å². The number of anilines is 2. The number of sulfonamides is 1. The van der Waals surface area contributed by atoms with Crippen LogP contribution in [-0.4, -0.2) is 20.9 Å². The fourth-order valence-corrected chi connectivity index (χ4v) is 4.66. The minimum absolute atomic E-state index is 0.150. The highest BCUT2D eigenvalue weighted by Gasteiger charge is 2.28. The number of amides is 1. The predicted octanol–water partition coefficient (Wildman–Crippen LogP) is 4.75. The van der Waals surface area contributed by atoms with Crippen LogP contribution in [-0.2, 0) is 14.8 Å². The highest BCUT2D eigenvalue weighted by atomic mass is 32.2. The van der Waals surface area contributed by atoms with E-state index in [9.17, 15) is 13.2 Å². The molecule has 0 atom stereocenters. The Balaban J connectivity index is 2.00. The van der Waals surface area contributed by atoms with Crippen LogP contribution in [0.5, 0.6) is 0 Å². The van der Waals surface area contributed by atoms with Gasteiger partial charge in [-0.1, -0.05) is 42.0 Å². The molecule has 156 valence electrons. The lowest BCUT2D eigenvalue weighted by atomic mass is 10.1. The second kappa shape index (κ2) is 8.71. The predicted molar refractivity (Wildman–Crippen MR) is 121 cm³/mol. The molecular weight excluding hydrogens is 396 g/mol. The molecule has 0 radical (unpaired) electrons. The molecule has 0 unspecified atom stereocenters. The molecule has 0 fully saturated rings. The van der Waals surface area contributed by atoms with Crippen molar-refractivity contribution in [3.8, 4) is 0 Å². The van der Waals surface area contributed by atoms with E-state index >= 15 is 0 Å². The molecule has 1 N–H and O–H groups in total. The van der Waals surface area contributed by atoms with E-state index in [4.69, 9.17) is 0 Å². The molecule has 0 aliphatic rings. The van der Waals surface area contributed by atoms with Crippen molar-refractivity contribution < 1.29 is 13.2 Å². The minimum atomic E-state index is -3.93. The lowest BCUT2D eigenvalue weighted by molar-refractivity contribution is -0.114. The molecule has 0 spiro atoms. The van der Waals surface area contributed by atoms with Crippen LogP contribution in [0.2, 0.25) is 0 Å². The van der Waals surface area contributed by atoms with Crippen molar-refractivity contribution >= 4 is 27.3 Å². The van der Waals surface area contributed by atoms with E-state index in [0.717, 1.165) is 22.3 Å². The van der Waals surface area contributed by atoms with E-state index in [1.807, 2.05) is 58.0 Å². The van der Waals surface area contributed by atoms with Crippen molar-refractivity contribution in [1.29, 1.82) is 0 Å². The van der Waals surface area contributed by atoms with Crippen molar-refractivity contribution in [2.75, 3.05) is 16.2 Å². The molecule has 0 bridgehead atoms. The van der Waals surface area contributed by atoms with Crippen LogP contribution in [0.3, 0.4) is 0 Å². The minimum Gasteiger partial charge on any atom is -0.325 e. The van der Waals surface area contributed by atoms with Gasteiger partial charge in [-0.3, -0.25) is 9.10 Å². The number of nitrogens with zero attached hydrogens (tertiary/aromatic N) is 1. The summed E-state index contributed by atoms with van der Waals surface area (Å²) in [4.78, 5) is 13.0. The SMILES string of the molecule is Cc1ccc(S(=O)(=O)N(CC(=O)Nc2cccc(C)c2)c2cc(C)ccc2C)cc1. The molecule has 1 amide bonds. The zero-order valence-electron chi connectivity index (χ0n) is 17.6. The standard InChI is InChI=1S/C24H26N2O3S/c1-17-9-12-22(13-10-17)30(28,29)26(23-15-19(3)8-11-20(23)4)16-24(27)25-21-7-5-6-18(2)14-21/h5-15H,16H2,1-4H3,(H,25,27). The number of nitrogens with one attached hydrogen (secondary N) is 1. The van der Waals surface area contributed by atoms with Gasteiger partial charge < -0.3 is 5.32 Å². The molecule has 0 saturated carbocycles. The molecule has 0 aromatic heterocycles. The summed E-state index contributed by atoms with van der Waals surface area (Å²) in [6, 6.07) is 19.6. The Morgan fingerprint density at radius 1 is 0.833 bits per heavy atom. The lowest BCUT2D eigenvalue weighted by Gasteiger charge is -2.26. The van der Waals surface area contributed by atoms with Gasteiger partial charge in [-0.2, -0.15) is 0 Å². The van der Waals surface area contributed by atoms with E-state index in [-0.39, 0.29) is 11.4 Å². The van der Waals surface area contributed by atoms with Crippen molar-refractivity contribution in [2.45, 2.75) is 32.6 Å². The largest absolute Gasteiger partial charge is 0.325 e. The molecule has 5 nitrogen and oxygen atoms in total. The maximum absolute atomic E-state index is 13.5. The van der Waals surface area contributed by atoms with Gasteiger partial charge in [-0.15, -0.1) is 0 Å². The maximum atomic E-state index is 13.5. The first-order valence-corrected chi connectivity index (χ1v) is 11.1. The third kappa shape index (κ3) is 4.89. The molecule has 3 rings (SSSR count). The summed E-state index contributed by atoms with van der Waals surface area (Å²) in [6.45, 7) is 7.24. The van der Waals surface area contributed by atoms with Crippen LogP contribution in [0.4, 0.5) is 11.4 Å². The van der Waals surface area contributed by atoms with Crippen molar-refractivity contribution in [2.24, 2.45) is 0 Å². The van der Waals surface area contributed by atoms with Crippen molar-refractivity contribution in [3.63, 3.8) is 0 Å². The Labute approximate surface area is 178 Å². The van der Waals surface area contributed by atoms with Gasteiger partial charge in [-0.05, 0) is 74.7 Å². The first-order chi connectivity index (χ1) is 14.2. The monoisotopic (exact) mass is 422 g/mol. The average Bonchev–Trinajstić information content (AvgIpc) is 2.68. The van der Waals surface area contributed by atoms with Gasteiger partial charge in [0.05, 0.1) is 10.6 Å². The Bertz CT molecular complexity index is 1170. The van der Waals surface area contributed by atoms with E-state index in [2.05, 4.69) is 5.32 Å². The van der Waals surface area contributed by atoms with Gasteiger partial charge in [0.1, 0.15) is 6.54 Å². The van der Waals surface area contributed by atoms with Crippen LogP contribution < -0.4 is 9.62 Å². The normalized spacial score (nSPS) is 11.2. The zero-order chi connectivity index (χ0) is 21.9. The number of rotatable bonds is 6. The van der Waals surface area contributed by atoms with E-state index < -0.39 is 15.9 Å². The topological polar surface area (TPSA) is 66.5 Å². The highest BCUT2D eigenvalue weighted by molar-refractivity contribution is 7.92. The first kappa shape index (κ1) is 21.6. The Kier molecular flexibility index (Phi) is 6.27. The number of benzene rings is 3. The molecular formula is C24H26N2O3S. The molecule has 0 aliphatic carbocycles. The van der Waals surface area contributed by atoms with Gasteiger partial charge >= 0.3 is 0 Å². The van der Waals surface area contributed by atoms with Crippen LogP contribution in [0.1, 0.15) is 22.3 Å². The van der Waals surface area contributed by atoms with Gasteiger partial charge in [-0.25, -0.2) is 8.42 Å². The Morgan fingerprint density at radius 3 is 2.13 bits per heavy atom. The molecule has 3 aromatic rings. The molecule has 6 heteroatoms. The third-order valence-corrected chi connectivity index (χ3v) is 6.61. The molecule has 3 aromatic carbocycles. The maximum Gasteiger partial charge on any atom is 0.264 e. The van der Waals surface area contributed by atoms with Crippen LogP contribution in [0.15, 0.2) is 71.6 Å². The summed E-state index contributed by atoms with van der Waals surface area (Å²) in [6.07, 6.45) is 0. The number of aryl methyl sites for hydroxylation is 4. The summed E-state index contributed by atoms with van der Waals surface area (Å²) in [5.41, 5.74) is 4.79. The number of carbonyl (C=O) groups is 1. The number of hydrogen-bond donors (Lipinski definition) is 1. The van der Waals surface area contributed by atoms with Crippen LogP contribution in [0.25, 0.3) is 0 Å².